The van der Waals surface area contributed by atoms with Gasteiger partial charge < -0.3 is 5.11 Å². The van der Waals surface area contributed by atoms with Gasteiger partial charge in [0.1, 0.15) is 0 Å². The molecule has 2 nitrogen and oxygen atoms in total. The molecular formula is C11H12O2. The zero-order chi connectivity index (χ0) is 9.42. The van der Waals surface area contributed by atoms with E-state index in [2.05, 4.69) is 6.92 Å². The molecule has 1 aromatic carbocycles. The Morgan fingerprint density at radius 3 is 2.77 bits per heavy atom. The van der Waals surface area contributed by atoms with Crippen molar-refractivity contribution in [2.75, 3.05) is 0 Å². The summed E-state index contributed by atoms with van der Waals surface area (Å²) in [7, 11) is 0. The van der Waals surface area contributed by atoms with E-state index in [1.165, 1.54) is 6.07 Å². The van der Waals surface area contributed by atoms with Crippen molar-refractivity contribution in [2.45, 2.75) is 19.3 Å². The van der Waals surface area contributed by atoms with Gasteiger partial charge in [-0.25, -0.2) is 0 Å². The van der Waals surface area contributed by atoms with Crippen LogP contribution >= 0.6 is 0 Å². The van der Waals surface area contributed by atoms with Gasteiger partial charge in [0.25, 0.3) is 0 Å². The Morgan fingerprint density at radius 1 is 1.46 bits per heavy atom. The van der Waals surface area contributed by atoms with Crippen LogP contribution < -0.4 is 5.43 Å². The molecule has 68 valence electrons. The second-order valence-electron chi connectivity index (χ2n) is 3.74. The van der Waals surface area contributed by atoms with Gasteiger partial charge in [-0.15, -0.1) is 0 Å². The third kappa shape index (κ3) is 1.57. The quantitative estimate of drug-likeness (QED) is 0.709. The molecule has 2 rings (SSSR count). The number of hydrogen-bond acceptors (Lipinski definition) is 2. The maximum atomic E-state index is 11.2. The smallest absolute Gasteiger partial charge is 0.220 e. The van der Waals surface area contributed by atoms with Crippen molar-refractivity contribution in [3.8, 4) is 5.75 Å². The van der Waals surface area contributed by atoms with Gasteiger partial charge in [-0.3, -0.25) is 4.79 Å². The van der Waals surface area contributed by atoms with Crippen LogP contribution in [0.3, 0.4) is 0 Å². The highest BCUT2D eigenvalue weighted by Gasteiger charge is 2.33. The molecule has 1 fully saturated rings. The summed E-state index contributed by atoms with van der Waals surface area (Å²) in [6.07, 6.45) is 1.16. The molecule has 13 heavy (non-hydrogen) atoms. The summed E-state index contributed by atoms with van der Waals surface area (Å²) in [5, 5.41) is 9.16. The maximum Gasteiger partial charge on any atom is 0.220 e. The first-order valence-electron chi connectivity index (χ1n) is 4.51. The lowest BCUT2D eigenvalue weighted by Gasteiger charge is -1.90. The van der Waals surface area contributed by atoms with Gasteiger partial charge in [-0.1, -0.05) is 19.1 Å². The molecule has 1 aromatic rings. The minimum absolute atomic E-state index is 0.167. The summed E-state index contributed by atoms with van der Waals surface area (Å²) in [5.74, 6) is 1.04. The van der Waals surface area contributed by atoms with E-state index in [9.17, 15) is 4.79 Å². The van der Waals surface area contributed by atoms with Crippen LogP contribution in [0.4, 0.5) is 0 Å². The average molecular weight is 176 g/mol. The first-order valence-corrected chi connectivity index (χ1v) is 4.51. The molecule has 1 aliphatic carbocycles. The van der Waals surface area contributed by atoms with Crippen LogP contribution in [-0.4, -0.2) is 5.11 Å². The Hall–Kier alpha value is -1.31. The molecule has 0 saturated heterocycles. The lowest BCUT2D eigenvalue weighted by Crippen LogP contribution is -1.94. The van der Waals surface area contributed by atoms with Crippen molar-refractivity contribution in [3.05, 3.63) is 40.1 Å². The summed E-state index contributed by atoms with van der Waals surface area (Å²) in [4.78, 5) is 11.2. The number of hydrogen-bond donors (Lipinski definition) is 1. The van der Waals surface area contributed by atoms with Gasteiger partial charge in [-0.05, 0) is 36.0 Å². The number of aromatic hydroxyl groups is 1. The molecule has 2 atom stereocenters. The molecule has 1 unspecified atom stereocenters. The molecule has 1 N–H and O–H groups in total. The highest BCUT2D eigenvalue weighted by Crippen LogP contribution is 2.46. The van der Waals surface area contributed by atoms with Gasteiger partial charge in [0.15, 0.2) is 5.75 Å². The van der Waals surface area contributed by atoms with Gasteiger partial charge >= 0.3 is 0 Å². The average Bonchev–Trinajstić information content (AvgIpc) is 2.80. The van der Waals surface area contributed by atoms with Crippen LogP contribution in [0, 0.1) is 5.92 Å². The molecule has 0 amide bonds. The Morgan fingerprint density at radius 2 is 2.15 bits per heavy atom. The molecule has 0 aromatic heterocycles. The molecular weight excluding hydrogens is 164 g/mol. The monoisotopic (exact) mass is 176 g/mol. The van der Waals surface area contributed by atoms with Crippen molar-refractivity contribution in [1.82, 2.24) is 0 Å². The topological polar surface area (TPSA) is 37.3 Å². The first kappa shape index (κ1) is 8.30. The molecule has 1 saturated carbocycles. The van der Waals surface area contributed by atoms with Crippen molar-refractivity contribution in [2.24, 2.45) is 5.92 Å². The minimum Gasteiger partial charge on any atom is -0.504 e. The van der Waals surface area contributed by atoms with E-state index in [4.69, 9.17) is 5.11 Å². The van der Waals surface area contributed by atoms with Crippen molar-refractivity contribution < 1.29 is 5.11 Å². The Labute approximate surface area is 76.9 Å². The van der Waals surface area contributed by atoms with Crippen molar-refractivity contribution in [3.63, 3.8) is 0 Å². The van der Waals surface area contributed by atoms with E-state index in [-0.39, 0.29) is 11.2 Å². The second-order valence-corrected chi connectivity index (χ2v) is 3.74. The summed E-state index contributed by atoms with van der Waals surface area (Å²) < 4.78 is 0. The fraction of sp³-hybridized carbons (Fsp3) is 0.364. The predicted molar refractivity (Wildman–Crippen MR) is 50.9 cm³/mol. The fourth-order valence-electron chi connectivity index (χ4n) is 1.62. The summed E-state index contributed by atoms with van der Waals surface area (Å²) in [6.45, 7) is 2.17. The third-order valence-electron chi connectivity index (χ3n) is 2.63. The summed E-state index contributed by atoms with van der Waals surface area (Å²) in [6, 6.07) is 6.63. The van der Waals surface area contributed by atoms with E-state index in [0.717, 1.165) is 12.0 Å². The lowest BCUT2D eigenvalue weighted by atomic mass is 10.1. The highest BCUT2D eigenvalue weighted by atomic mass is 16.3. The molecule has 0 aliphatic heterocycles. The Balaban J connectivity index is 2.45. The van der Waals surface area contributed by atoms with Gasteiger partial charge in [0.05, 0.1) is 0 Å². The first-order chi connectivity index (χ1) is 6.18. The van der Waals surface area contributed by atoms with Crippen molar-refractivity contribution in [1.29, 1.82) is 0 Å². The van der Waals surface area contributed by atoms with Gasteiger partial charge in [0, 0.05) is 0 Å². The lowest BCUT2D eigenvalue weighted by molar-refractivity contribution is 0.471. The van der Waals surface area contributed by atoms with E-state index in [0.29, 0.717) is 11.8 Å². The van der Waals surface area contributed by atoms with Crippen LogP contribution in [0.15, 0.2) is 29.1 Å². The molecule has 0 radical (unpaired) electrons. The molecule has 0 spiro atoms. The molecule has 0 bridgehead atoms. The molecule has 0 heterocycles. The van der Waals surface area contributed by atoms with E-state index in [1.54, 1.807) is 12.1 Å². The Kier molecular flexibility index (Phi) is 1.83. The van der Waals surface area contributed by atoms with Gasteiger partial charge in [0.2, 0.25) is 5.43 Å². The second kappa shape index (κ2) is 2.87. The SMILES string of the molecule is C[C@H]1CC1c1cccc(O)c(=O)c1. The Bertz CT molecular complexity index is 384. The zero-order valence-electron chi connectivity index (χ0n) is 7.53. The van der Waals surface area contributed by atoms with E-state index in [1.807, 2.05) is 6.07 Å². The molecule has 2 heteroatoms. The largest absolute Gasteiger partial charge is 0.504 e. The minimum atomic E-state index is -0.279. The number of rotatable bonds is 1. The predicted octanol–water partition coefficient (Wildman–Crippen LogP) is 1.88. The fourth-order valence-corrected chi connectivity index (χ4v) is 1.62. The van der Waals surface area contributed by atoms with Crippen LogP contribution in [0.25, 0.3) is 0 Å². The standard InChI is InChI=1S/C11H12O2/c1-7-5-9(7)8-3-2-4-10(12)11(13)6-8/h2-4,6-7,9H,5H2,1H3,(H,12,13)/t7-,9?/m0/s1. The van der Waals surface area contributed by atoms with Crippen molar-refractivity contribution >= 4 is 0 Å². The molecule has 1 aliphatic rings. The van der Waals surface area contributed by atoms with Crippen LogP contribution in [0.5, 0.6) is 5.75 Å². The van der Waals surface area contributed by atoms with E-state index >= 15 is 0 Å². The van der Waals surface area contributed by atoms with Gasteiger partial charge in [-0.2, -0.15) is 0 Å². The summed E-state index contributed by atoms with van der Waals surface area (Å²) >= 11 is 0. The summed E-state index contributed by atoms with van der Waals surface area (Å²) in [5.41, 5.74) is 0.775. The van der Waals surface area contributed by atoms with Crippen LogP contribution in [0.1, 0.15) is 24.8 Å². The highest BCUT2D eigenvalue weighted by molar-refractivity contribution is 5.29. The van der Waals surface area contributed by atoms with Crippen LogP contribution in [0.2, 0.25) is 0 Å². The third-order valence-corrected chi connectivity index (χ3v) is 2.63. The van der Waals surface area contributed by atoms with E-state index < -0.39 is 0 Å². The van der Waals surface area contributed by atoms with Crippen LogP contribution in [-0.2, 0) is 0 Å². The maximum absolute atomic E-state index is 11.2. The zero-order valence-corrected chi connectivity index (χ0v) is 7.53. The normalized spacial score (nSPS) is 25.6.